The lowest BCUT2D eigenvalue weighted by Gasteiger charge is -2.51. The predicted molar refractivity (Wildman–Crippen MR) is 152 cm³/mol. The number of piperazine rings is 1. The van der Waals surface area contributed by atoms with Crippen LogP contribution in [0.1, 0.15) is 12.8 Å². The fourth-order valence-electron chi connectivity index (χ4n) is 6.06. The number of hydrogen-bond acceptors (Lipinski definition) is 5. The summed E-state index contributed by atoms with van der Waals surface area (Å²) in [6, 6.07) is 19.8. The molecule has 2 bridgehead atoms. The molecule has 6 rings (SSSR count). The number of thiocarbonyl (C=S) groups is 1. The molecule has 0 aromatic heterocycles. The zero-order chi connectivity index (χ0) is 24.2. The number of nitrogens with one attached hydrogen (secondary N) is 2. The van der Waals surface area contributed by atoms with Crippen LogP contribution in [0.2, 0.25) is 0 Å². The number of para-hydroxylation sites is 1. The maximum absolute atomic E-state index is 5.59. The topological polar surface area (TPSA) is 37.0 Å². The second-order valence-electron chi connectivity index (χ2n) is 10.6. The first-order valence-electron chi connectivity index (χ1n) is 13.1. The van der Waals surface area contributed by atoms with Crippen LogP contribution in [0, 0.1) is 11.8 Å². The van der Waals surface area contributed by atoms with E-state index in [4.69, 9.17) is 12.2 Å². The van der Waals surface area contributed by atoms with Gasteiger partial charge in [-0.15, -0.1) is 0 Å². The molecule has 2 aromatic rings. The van der Waals surface area contributed by atoms with Gasteiger partial charge in [-0.2, -0.15) is 0 Å². The third kappa shape index (κ3) is 6.08. The molecule has 188 valence electrons. The van der Waals surface area contributed by atoms with Crippen LogP contribution in [0.3, 0.4) is 0 Å². The van der Waals surface area contributed by atoms with E-state index < -0.39 is 0 Å². The largest absolute Gasteiger partial charge is 0.378 e. The van der Waals surface area contributed by atoms with Gasteiger partial charge in [-0.05, 0) is 79.8 Å². The molecule has 7 heteroatoms. The van der Waals surface area contributed by atoms with Gasteiger partial charge in [-0.25, -0.2) is 0 Å². The first-order valence-corrected chi connectivity index (χ1v) is 13.5. The lowest BCUT2D eigenvalue weighted by atomic mass is 9.75. The molecular formula is C28H40N6S. The lowest BCUT2D eigenvalue weighted by Crippen LogP contribution is -2.59. The summed E-state index contributed by atoms with van der Waals surface area (Å²) in [7, 11) is 4.11. The van der Waals surface area contributed by atoms with Gasteiger partial charge in [0.2, 0.25) is 0 Å². The maximum atomic E-state index is 5.59. The Balaban J connectivity index is 1.05. The summed E-state index contributed by atoms with van der Waals surface area (Å²) >= 11 is 5.59. The molecule has 0 radical (unpaired) electrons. The van der Waals surface area contributed by atoms with E-state index in [9.17, 15) is 0 Å². The molecule has 2 N–H and O–H groups in total. The van der Waals surface area contributed by atoms with Crippen LogP contribution in [0.15, 0.2) is 54.6 Å². The highest BCUT2D eigenvalue weighted by Gasteiger charge is 2.40. The Hall–Kier alpha value is -2.35. The first-order chi connectivity index (χ1) is 17.0. The molecule has 4 aliphatic heterocycles. The van der Waals surface area contributed by atoms with Crippen LogP contribution >= 0.6 is 12.2 Å². The summed E-state index contributed by atoms with van der Waals surface area (Å²) < 4.78 is 0. The van der Waals surface area contributed by atoms with Crippen molar-refractivity contribution < 1.29 is 0 Å². The summed E-state index contributed by atoms with van der Waals surface area (Å²) in [5, 5.41) is 7.56. The van der Waals surface area contributed by atoms with Crippen LogP contribution in [0.4, 0.5) is 17.1 Å². The molecule has 0 aliphatic carbocycles. The number of fused-ring (bicyclic) bond motifs is 3. The van der Waals surface area contributed by atoms with Crippen molar-refractivity contribution >= 4 is 34.4 Å². The molecule has 0 spiro atoms. The molecule has 0 amide bonds. The lowest BCUT2D eigenvalue weighted by molar-refractivity contribution is -0.0110. The van der Waals surface area contributed by atoms with E-state index in [-0.39, 0.29) is 0 Å². The van der Waals surface area contributed by atoms with E-state index in [0.717, 1.165) is 42.3 Å². The van der Waals surface area contributed by atoms with Gasteiger partial charge in [0, 0.05) is 83.0 Å². The third-order valence-corrected chi connectivity index (χ3v) is 8.39. The number of piperidine rings is 3. The number of hydrogen-bond donors (Lipinski definition) is 2. The summed E-state index contributed by atoms with van der Waals surface area (Å²) in [5.74, 6) is 1.66. The average molecular weight is 493 g/mol. The summed E-state index contributed by atoms with van der Waals surface area (Å²) in [4.78, 5) is 10.1. The van der Waals surface area contributed by atoms with Crippen LogP contribution < -0.4 is 20.4 Å². The summed E-state index contributed by atoms with van der Waals surface area (Å²) in [5.41, 5.74) is 3.59. The van der Waals surface area contributed by atoms with Gasteiger partial charge in [0.15, 0.2) is 5.11 Å². The molecule has 2 aromatic carbocycles. The minimum Gasteiger partial charge on any atom is -0.378 e. The Labute approximate surface area is 216 Å². The SMILES string of the molecule is CN(C)c1ccc(NC(=S)NCC2CC3CCN2CC3CN2CCN(c3ccccc3)CC2)cc1. The van der Waals surface area contributed by atoms with E-state index in [1.807, 2.05) is 0 Å². The van der Waals surface area contributed by atoms with Gasteiger partial charge in [0.05, 0.1) is 0 Å². The zero-order valence-electron chi connectivity index (χ0n) is 21.2. The summed E-state index contributed by atoms with van der Waals surface area (Å²) in [6.45, 7) is 9.30. The van der Waals surface area contributed by atoms with Crippen molar-refractivity contribution in [3.8, 4) is 0 Å². The minimum absolute atomic E-state index is 0.593. The fraction of sp³-hybridized carbons (Fsp3) is 0.536. The van der Waals surface area contributed by atoms with E-state index in [1.54, 1.807) is 0 Å². The molecule has 6 nitrogen and oxygen atoms in total. The predicted octanol–water partition coefficient (Wildman–Crippen LogP) is 3.57. The Bertz CT molecular complexity index is 957. The molecule has 35 heavy (non-hydrogen) atoms. The van der Waals surface area contributed by atoms with Crippen molar-refractivity contribution in [2.45, 2.75) is 18.9 Å². The van der Waals surface area contributed by atoms with Crippen LogP contribution in [0.25, 0.3) is 0 Å². The maximum Gasteiger partial charge on any atom is 0.170 e. The number of nitrogens with zero attached hydrogens (tertiary/aromatic N) is 4. The van der Waals surface area contributed by atoms with Crippen LogP contribution in [-0.4, -0.2) is 87.4 Å². The quantitative estimate of drug-likeness (QED) is 0.573. The highest BCUT2D eigenvalue weighted by molar-refractivity contribution is 7.80. The van der Waals surface area contributed by atoms with Gasteiger partial charge in [-0.3, -0.25) is 9.80 Å². The Morgan fingerprint density at radius 1 is 0.971 bits per heavy atom. The molecule has 4 saturated heterocycles. The molecule has 4 heterocycles. The van der Waals surface area contributed by atoms with Gasteiger partial charge in [0.1, 0.15) is 0 Å². The molecule has 4 aliphatic rings. The number of benzene rings is 2. The van der Waals surface area contributed by atoms with E-state index in [1.165, 1.54) is 56.9 Å². The fourth-order valence-corrected chi connectivity index (χ4v) is 6.26. The highest BCUT2D eigenvalue weighted by Crippen LogP contribution is 2.36. The van der Waals surface area contributed by atoms with Crippen LogP contribution in [0.5, 0.6) is 0 Å². The van der Waals surface area contributed by atoms with E-state index >= 15 is 0 Å². The molecule has 4 unspecified atom stereocenters. The van der Waals surface area contributed by atoms with Crippen molar-refractivity contribution in [1.82, 2.24) is 15.1 Å². The monoisotopic (exact) mass is 492 g/mol. The highest BCUT2D eigenvalue weighted by atomic mass is 32.1. The Morgan fingerprint density at radius 3 is 2.37 bits per heavy atom. The Morgan fingerprint density at radius 2 is 1.71 bits per heavy atom. The third-order valence-electron chi connectivity index (χ3n) is 8.14. The molecule has 4 atom stereocenters. The van der Waals surface area contributed by atoms with Crippen molar-refractivity contribution in [2.75, 3.05) is 81.6 Å². The van der Waals surface area contributed by atoms with Gasteiger partial charge in [-0.1, -0.05) is 18.2 Å². The minimum atomic E-state index is 0.593. The zero-order valence-corrected chi connectivity index (χ0v) is 22.0. The first kappa shape index (κ1) is 24.3. The van der Waals surface area contributed by atoms with Gasteiger partial charge >= 0.3 is 0 Å². The van der Waals surface area contributed by atoms with Gasteiger partial charge < -0.3 is 20.4 Å². The summed E-state index contributed by atoms with van der Waals surface area (Å²) in [6.07, 6.45) is 2.65. The molecule has 0 saturated carbocycles. The molecular weight excluding hydrogens is 452 g/mol. The molecule has 4 fully saturated rings. The van der Waals surface area contributed by atoms with Gasteiger partial charge in [0.25, 0.3) is 0 Å². The average Bonchev–Trinajstić information content (AvgIpc) is 2.89. The standard InChI is InChI=1S/C28H40N6S/c1-31(2)25-10-8-24(9-11-25)30-28(35)29-19-27-18-22-12-13-34(27)21-23(22)20-32-14-16-33(17-15-32)26-6-4-3-5-7-26/h3-11,22-23,27H,12-21H2,1-2H3,(H2,29,30,35). The normalized spacial score (nSPS) is 26.4. The van der Waals surface area contributed by atoms with Crippen molar-refractivity contribution in [3.05, 3.63) is 54.6 Å². The second-order valence-corrected chi connectivity index (χ2v) is 11.0. The number of rotatable bonds is 7. The van der Waals surface area contributed by atoms with Crippen molar-refractivity contribution in [1.29, 1.82) is 0 Å². The van der Waals surface area contributed by atoms with E-state index in [2.05, 4.69) is 98.9 Å². The number of anilines is 3. The van der Waals surface area contributed by atoms with E-state index in [0.29, 0.717) is 6.04 Å². The second kappa shape index (κ2) is 11.1. The van der Waals surface area contributed by atoms with Crippen molar-refractivity contribution in [3.63, 3.8) is 0 Å². The van der Waals surface area contributed by atoms with Crippen LogP contribution in [-0.2, 0) is 0 Å². The smallest absolute Gasteiger partial charge is 0.170 e. The Kier molecular flexibility index (Phi) is 7.75. The van der Waals surface area contributed by atoms with Crippen molar-refractivity contribution in [2.24, 2.45) is 11.8 Å².